The Morgan fingerprint density at radius 2 is 1.73 bits per heavy atom. The van der Waals surface area contributed by atoms with Gasteiger partial charge in [0.25, 0.3) is 5.91 Å². The lowest BCUT2D eigenvalue weighted by atomic mass is 10.1. The maximum atomic E-state index is 12.1. The van der Waals surface area contributed by atoms with Crippen molar-refractivity contribution in [2.24, 2.45) is 0 Å². The van der Waals surface area contributed by atoms with Crippen molar-refractivity contribution in [3.05, 3.63) is 71.5 Å². The van der Waals surface area contributed by atoms with Crippen LogP contribution in [0.15, 0.2) is 59.1 Å². The van der Waals surface area contributed by atoms with Crippen LogP contribution in [0.4, 0.5) is 5.69 Å². The Morgan fingerprint density at radius 3 is 2.38 bits per heavy atom. The summed E-state index contributed by atoms with van der Waals surface area (Å²) in [5, 5.41) is 9.55. The molecule has 0 aliphatic heterocycles. The second-order valence-electron chi connectivity index (χ2n) is 5.99. The number of carbonyl (C=O) groups is 2. The summed E-state index contributed by atoms with van der Waals surface area (Å²) in [6.07, 6.45) is 0. The number of rotatable bonds is 5. The zero-order valence-corrected chi connectivity index (χ0v) is 14.6. The van der Waals surface area contributed by atoms with Crippen molar-refractivity contribution in [3.63, 3.8) is 0 Å². The molecule has 1 heterocycles. The highest BCUT2D eigenvalue weighted by atomic mass is 16.5. The van der Waals surface area contributed by atoms with Crippen molar-refractivity contribution >= 4 is 17.5 Å². The number of nitrogens with zero attached hydrogens (tertiary/aromatic N) is 1. The summed E-state index contributed by atoms with van der Waals surface area (Å²) in [7, 11) is 0. The predicted molar refractivity (Wildman–Crippen MR) is 98.6 cm³/mol. The average Bonchev–Trinajstić information content (AvgIpc) is 3.09. The van der Waals surface area contributed by atoms with Crippen LogP contribution in [-0.4, -0.2) is 17.0 Å². The first-order valence-corrected chi connectivity index (χ1v) is 8.20. The minimum atomic E-state index is -0.164. The topological polar surface area (TPSA) is 84.2 Å². The van der Waals surface area contributed by atoms with Crippen molar-refractivity contribution in [1.29, 1.82) is 0 Å². The molecule has 0 aliphatic rings. The minimum Gasteiger partial charge on any atom is -0.359 e. The van der Waals surface area contributed by atoms with Crippen molar-refractivity contribution < 1.29 is 14.1 Å². The van der Waals surface area contributed by atoms with E-state index < -0.39 is 0 Å². The summed E-state index contributed by atoms with van der Waals surface area (Å²) in [4.78, 5) is 23.2. The van der Waals surface area contributed by atoms with Crippen molar-refractivity contribution in [3.8, 4) is 11.3 Å². The summed E-state index contributed by atoms with van der Waals surface area (Å²) in [5.41, 5.74) is 3.95. The van der Waals surface area contributed by atoms with Gasteiger partial charge in [0.05, 0.1) is 6.54 Å². The Kier molecular flexibility index (Phi) is 5.12. The largest absolute Gasteiger partial charge is 0.359 e. The second-order valence-corrected chi connectivity index (χ2v) is 5.99. The van der Waals surface area contributed by atoms with Crippen molar-refractivity contribution in [1.82, 2.24) is 10.5 Å². The maximum Gasteiger partial charge on any atom is 0.251 e. The van der Waals surface area contributed by atoms with Crippen LogP contribution in [0.5, 0.6) is 0 Å². The lowest BCUT2D eigenvalue weighted by Crippen LogP contribution is -2.22. The first-order chi connectivity index (χ1) is 12.5. The molecular formula is C20H19N3O3. The van der Waals surface area contributed by atoms with Crippen LogP contribution in [0.2, 0.25) is 0 Å². The van der Waals surface area contributed by atoms with Gasteiger partial charge in [0.15, 0.2) is 5.76 Å². The minimum absolute atomic E-state index is 0.120. The molecule has 0 bridgehead atoms. The number of nitrogens with one attached hydrogen (secondary N) is 2. The lowest BCUT2D eigenvalue weighted by Gasteiger charge is -2.03. The summed E-state index contributed by atoms with van der Waals surface area (Å²) >= 11 is 0. The van der Waals surface area contributed by atoms with E-state index >= 15 is 0 Å². The Morgan fingerprint density at radius 1 is 1.04 bits per heavy atom. The first kappa shape index (κ1) is 17.4. The monoisotopic (exact) mass is 349 g/mol. The van der Waals surface area contributed by atoms with Gasteiger partial charge in [-0.2, -0.15) is 0 Å². The molecule has 0 radical (unpaired) electrons. The van der Waals surface area contributed by atoms with Crippen LogP contribution in [-0.2, 0) is 11.3 Å². The van der Waals surface area contributed by atoms with Gasteiger partial charge < -0.3 is 15.2 Å². The molecule has 6 nitrogen and oxygen atoms in total. The third kappa shape index (κ3) is 4.36. The number of hydrogen-bond acceptors (Lipinski definition) is 4. The highest BCUT2D eigenvalue weighted by Crippen LogP contribution is 2.21. The van der Waals surface area contributed by atoms with E-state index in [0.717, 1.165) is 16.8 Å². The van der Waals surface area contributed by atoms with Gasteiger partial charge in [-0.3, -0.25) is 9.59 Å². The molecule has 0 saturated heterocycles. The van der Waals surface area contributed by atoms with E-state index in [0.29, 0.717) is 17.0 Å². The van der Waals surface area contributed by atoms with Gasteiger partial charge in [-0.25, -0.2) is 0 Å². The van der Waals surface area contributed by atoms with Crippen molar-refractivity contribution in [2.75, 3.05) is 5.32 Å². The molecule has 0 fully saturated rings. The van der Waals surface area contributed by atoms with Crippen LogP contribution in [0, 0.1) is 6.92 Å². The van der Waals surface area contributed by atoms with Crippen LogP contribution < -0.4 is 10.6 Å². The number of anilines is 1. The summed E-state index contributed by atoms with van der Waals surface area (Å²) < 4.78 is 5.28. The second kappa shape index (κ2) is 7.65. The van der Waals surface area contributed by atoms with Gasteiger partial charge in [0.1, 0.15) is 5.69 Å². The standard InChI is InChI=1S/C20H19N3O3/c1-13-3-5-16(6-4-13)20(25)21-12-18-11-19(23-26-18)15-7-9-17(10-8-15)22-14(2)24/h3-11H,12H2,1-2H3,(H,21,25)(H,22,24). The van der Waals surface area contributed by atoms with Crippen LogP contribution in [0.3, 0.4) is 0 Å². The molecular weight excluding hydrogens is 330 g/mol. The molecule has 6 heteroatoms. The van der Waals surface area contributed by atoms with Gasteiger partial charge >= 0.3 is 0 Å². The number of amides is 2. The Labute approximate surface area is 151 Å². The molecule has 0 saturated carbocycles. The first-order valence-electron chi connectivity index (χ1n) is 8.20. The molecule has 2 aromatic carbocycles. The van der Waals surface area contributed by atoms with Gasteiger partial charge in [0, 0.05) is 29.8 Å². The summed E-state index contributed by atoms with van der Waals surface area (Å²) in [6, 6.07) is 16.4. The summed E-state index contributed by atoms with van der Waals surface area (Å²) in [5.74, 6) is 0.278. The normalized spacial score (nSPS) is 10.4. The number of aryl methyl sites for hydroxylation is 1. The molecule has 2 amide bonds. The third-order valence-corrected chi connectivity index (χ3v) is 3.80. The molecule has 3 rings (SSSR count). The fourth-order valence-electron chi connectivity index (χ4n) is 2.43. The number of hydrogen-bond donors (Lipinski definition) is 2. The molecule has 2 N–H and O–H groups in total. The Hall–Kier alpha value is -3.41. The Balaban J connectivity index is 1.61. The van der Waals surface area contributed by atoms with Gasteiger partial charge in [-0.05, 0) is 31.2 Å². The Bertz CT molecular complexity index is 912. The van der Waals surface area contributed by atoms with Crippen LogP contribution in [0.25, 0.3) is 11.3 Å². The zero-order chi connectivity index (χ0) is 18.5. The van der Waals surface area contributed by atoms with E-state index in [2.05, 4.69) is 15.8 Å². The van der Waals surface area contributed by atoms with E-state index in [1.807, 2.05) is 31.2 Å². The number of carbonyl (C=O) groups excluding carboxylic acids is 2. The fraction of sp³-hybridized carbons (Fsp3) is 0.150. The molecule has 0 aliphatic carbocycles. The molecule has 132 valence electrons. The number of benzene rings is 2. The zero-order valence-electron chi connectivity index (χ0n) is 14.6. The van der Waals surface area contributed by atoms with Gasteiger partial charge in [-0.15, -0.1) is 0 Å². The van der Waals surface area contributed by atoms with Crippen molar-refractivity contribution in [2.45, 2.75) is 20.4 Å². The van der Waals surface area contributed by atoms with E-state index in [-0.39, 0.29) is 18.4 Å². The number of aromatic nitrogens is 1. The van der Waals surface area contributed by atoms with E-state index in [1.165, 1.54) is 6.92 Å². The maximum absolute atomic E-state index is 12.1. The molecule has 26 heavy (non-hydrogen) atoms. The smallest absolute Gasteiger partial charge is 0.251 e. The highest BCUT2D eigenvalue weighted by Gasteiger charge is 2.10. The van der Waals surface area contributed by atoms with Gasteiger partial charge in [0.2, 0.25) is 5.91 Å². The quantitative estimate of drug-likeness (QED) is 0.738. The molecule has 0 spiro atoms. The SMILES string of the molecule is CC(=O)Nc1ccc(-c2cc(CNC(=O)c3ccc(C)cc3)on2)cc1. The fourth-order valence-corrected chi connectivity index (χ4v) is 2.43. The third-order valence-electron chi connectivity index (χ3n) is 3.80. The molecule has 3 aromatic rings. The van der Waals surface area contributed by atoms with E-state index in [9.17, 15) is 9.59 Å². The molecule has 0 atom stereocenters. The predicted octanol–water partition coefficient (Wildman–Crippen LogP) is 3.54. The highest BCUT2D eigenvalue weighted by molar-refractivity contribution is 5.94. The lowest BCUT2D eigenvalue weighted by molar-refractivity contribution is -0.114. The van der Waals surface area contributed by atoms with Crippen LogP contribution >= 0.6 is 0 Å². The van der Waals surface area contributed by atoms with E-state index in [4.69, 9.17) is 4.52 Å². The average molecular weight is 349 g/mol. The van der Waals surface area contributed by atoms with Gasteiger partial charge in [-0.1, -0.05) is 35.0 Å². The summed E-state index contributed by atoms with van der Waals surface area (Å²) in [6.45, 7) is 3.69. The van der Waals surface area contributed by atoms with E-state index in [1.54, 1.807) is 30.3 Å². The molecule has 1 aromatic heterocycles. The molecule has 0 unspecified atom stereocenters. The van der Waals surface area contributed by atoms with Crippen LogP contribution in [0.1, 0.15) is 28.6 Å².